The SMILES string of the molecule is CC(=O)OCC(C)(C)COC(=O)C([O-])(C(F)(F)F)C(F)(F)F. The normalized spacial score (nSPS) is 13.7. The van der Waals surface area contributed by atoms with Gasteiger partial charge >= 0.3 is 24.3 Å². The quantitative estimate of drug-likeness (QED) is 0.558. The Morgan fingerprint density at radius 3 is 1.59 bits per heavy atom. The lowest BCUT2D eigenvalue weighted by Gasteiger charge is -2.40. The van der Waals surface area contributed by atoms with E-state index in [1.807, 2.05) is 0 Å². The number of alkyl halides is 6. The lowest BCUT2D eigenvalue weighted by molar-refractivity contribution is -0.574. The molecule has 0 N–H and O–H groups in total. The molecule has 0 atom stereocenters. The van der Waals surface area contributed by atoms with Gasteiger partial charge < -0.3 is 14.6 Å². The Bertz CT molecular complexity index is 412. The van der Waals surface area contributed by atoms with Gasteiger partial charge in [0.25, 0.3) is 0 Å². The third-order valence-electron chi connectivity index (χ3n) is 2.35. The highest BCUT2D eigenvalue weighted by molar-refractivity contribution is 5.81. The summed E-state index contributed by atoms with van der Waals surface area (Å²) >= 11 is 0. The zero-order valence-corrected chi connectivity index (χ0v) is 11.7. The summed E-state index contributed by atoms with van der Waals surface area (Å²) in [4.78, 5) is 21.6. The minimum atomic E-state index is -6.41. The number of rotatable bonds is 5. The summed E-state index contributed by atoms with van der Waals surface area (Å²) < 4.78 is 82.3. The number of hydrogen-bond acceptors (Lipinski definition) is 5. The second kappa shape index (κ2) is 6.31. The lowest BCUT2D eigenvalue weighted by Crippen LogP contribution is -2.71. The van der Waals surface area contributed by atoms with Crippen LogP contribution in [0.2, 0.25) is 0 Å². The van der Waals surface area contributed by atoms with E-state index in [1.54, 1.807) is 0 Å². The van der Waals surface area contributed by atoms with E-state index in [9.17, 15) is 41.0 Å². The number of esters is 2. The monoisotopic (exact) mass is 339 g/mol. The number of ether oxygens (including phenoxy) is 2. The molecule has 0 radical (unpaired) electrons. The van der Waals surface area contributed by atoms with E-state index in [0.29, 0.717) is 0 Å². The minimum Gasteiger partial charge on any atom is -0.828 e. The molecule has 0 unspecified atom stereocenters. The Morgan fingerprint density at radius 2 is 1.27 bits per heavy atom. The highest BCUT2D eigenvalue weighted by atomic mass is 19.4. The molecule has 0 saturated carbocycles. The van der Waals surface area contributed by atoms with E-state index in [2.05, 4.69) is 9.47 Å². The third-order valence-corrected chi connectivity index (χ3v) is 2.35. The molecule has 0 saturated heterocycles. The first-order chi connectivity index (χ1) is 9.54. The highest BCUT2D eigenvalue weighted by Gasteiger charge is 2.68. The van der Waals surface area contributed by atoms with E-state index in [0.717, 1.165) is 6.92 Å². The van der Waals surface area contributed by atoms with E-state index < -0.39 is 48.5 Å². The molecule has 0 spiro atoms. The van der Waals surface area contributed by atoms with Gasteiger partial charge in [-0.15, -0.1) is 0 Å². The minimum absolute atomic E-state index is 0.431. The molecule has 130 valence electrons. The molecule has 5 nitrogen and oxygen atoms in total. The van der Waals surface area contributed by atoms with Crippen LogP contribution in [0.25, 0.3) is 0 Å². The predicted octanol–water partition coefficient (Wildman–Crippen LogP) is 1.34. The van der Waals surface area contributed by atoms with Crippen LogP contribution in [0.1, 0.15) is 20.8 Å². The summed E-state index contributed by atoms with van der Waals surface area (Å²) in [7, 11) is 0. The van der Waals surface area contributed by atoms with Crippen molar-refractivity contribution in [2.24, 2.45) is 5.41 Å². The van der Waals surface area contributed by atoms with Crippen LogP contribution in [0.3, 0.4) is 0 Å². The van der Waals surface area contributed by atoms with Crippen molar-refractivity contribution < 1.29 is 50.5 Å². The fraction of sp³-hybridized carbons (Fsp3) is 0.818. The molecule has 0 aromatic carbocycles. The predicted molar refractivity (Wildman–Crippen MR) is 56.2 cm³/mol. The number of halogens is 6. The molecular weight excluding hydrogens is 326 g/mol. The molecule has 0 rings (SSSR count). The molecule has 0 aliphatic heterocycles. The Kier molecular flexibility index (Phi) is 5.87. The van der Waals surface area contributed by atoms with E-state index in [-0.39, 0.29) is 0 Å². The zero-order valence-electron chi connectivity index (χ0n) is 11.7. The van der Waals surface area contributed by atoms with E-state index in [4.69, 9.17) is 0 Å². The fourth-order valence-electron chi connectivity index (χ4n) is 1.09. The molecule has 0 amide bonds. The van der Waals surface area contributed by atoms with Gasteiger partial charge in [-0.25, -0.2) is 0 Å². The molecule has 0 aliphatic carbocycles. The van der Waals surface area contributed by atoms with Crippen LogP contribution in [-0.4, -0.2) is 43.1 Å². The Morgan fingerprint density at radius 1 is 0.909 bits per heavy atom. The van der Waals surface area contributed by atoms with Crippen molar-refractivity contribution in [1.82, 2.24) is 0 Å². The second-order valence-corrected chi connectivity index (χ2v) is 5.20. The lowest BCUT2D eigenvalue weighted by atomic mass is 9.96. The van der Waals surface area contributed by atoms with E-state index >= 15 is 0 Å². The van der Waals surface area contributed by atoms with Gasteiger partial charge in [0.15, 0.2) is 5.60 Å². The van der Waals surface area contributed by atoms with Crippen LogP contribution in [0.15, 0.2) is 0 Å². The van der Waals surface area contributed by atoms with Gasteiger partial charge in [0, 0.05) is 12.3 Å². The highest BCUT2D eigenvalue weighted by Crippen LogP contribution is 2.41. The summed E-state index contributed by atoms with van der Waals surface area (Å²) in [5, 5.41) is 11.0. The maximum absolute atomic E-state index is 12.3. The van der Waals surface area contributed by atoms with Crippen LogP contribution >= 0.6 is 0 Å². The summed E-state index contributed by atoms with van der Waals surface area (Å²) in [5.41, 5.74) is -7.16. The molecule has 0 fully saturated rings. The summed E-state index contributed by atoms with van der Waals surface area (Å²) in [6.07, 6.45) is -12.8. The zero-order chi connectivity index (χ0) is 18.0. The average Bonchev–Trinajstić information content (AvgIpc) is 2.30. The second-order valence-electron chi connectivity index (χ2n) is 5.20. The van der Waals surface area contributed by atoms with Crippen molar-refractivity contribution in [3.05, 3.63) is 0 Å². The van der Waals surface area contributed by atoms with Crippen molar-refractivity contribution in [2.45, 2.75) is 38.7 Å². The molecule has 11 heteroatoms. The van der Waals surface area contributed by atoms with Gasteiger partial charge in [0.1, 0.15) is 0 Å². The van der Waals surface area contributed by atoms with Crippen LogP contribution in [0.4, 0.5) is 26.3 Å². The molecule has 0 aromatic rings. The van der Waals surface area contributed by atoms with Crippen LogP contribution in [0, 0.1) is 5.41 Å². The van der Waals surface area contributed by atoms with Crippen LogP contribution < -0.4 is 5.11 Å². The Balaban J connectivity index is 5.06. The van der Waals surface area contributed by atoms with E-state index in [1.165, 1.54) is 13.8 Å². The first-order valence-electron chi connectivity index (χ1n) is 5.69. The van der Waals surface area contributed by atoms with Gasteiger partial charge in [-0.3, -0.25) is 9.59 Å². The van der Waals surface area contributed by atoms with Crippen LogP contribution in [0.5, 0.6) is 0 Å². The first-order valence-corrected chi connectivity index (χ1v) is 5.69. The number of carbonyl (C=O) groups excluding carboxylic acids is 2. The largest absolute Gasteiger partial charge is 0.828 e. The van der Waals surface area contributed by atoms with Crippen molar-refractivity contribution >= 4 is 11.9 Å². The Hall–Kier alpha value is -1.52. The van der Waals surface area contributed by atoms with Crippen molar-refractivity contribution in [3.63, 3.8) is 0 Å². The van der Waals surface area contributed by atoms with Crippen molar-refractivity contribution in [2.75, 3.05) is 13.2 Å². The Labute approximate surface area is 121 Å². The van der Waals surface area contributed by atoms with Crippen molar-refractivity contribution in [3.8, 4) is 0 Å². The molecule has 0 aromatic heterocycles. The third kappa shape index (κ3) is 4.75. The maximum atomic E-state index is 12.3. The number of hydrogen-bond donors (Lipinski definition) is 0. The smallest absolute Gasteiger partial charge is 0.399 e. The first kappa shape index (κ1) is 20.5. The van der Waals surface area contributed by atoms with Gasteiger partial charge in [0.05, 0.1) is 13.2 Å². The van der Waals surface area contributed by atoms with Gasteiger partial charge in [0.2, 0.25) is 0 Å². The average molecular weight is 339 g/mol. The summed E-state index contributed by atoms with van der Waals surface area (Å²) in [6, 6.07) is 0. The molecule has 0 aliphatic rings. The van der Waals surface area contributed by atoms with Gasteiger partial charge in [-0.1, -0.05) is 13.8 Å². The van der Waals surface area contributed by atoms with Crippen LogP contribution in [-0.2, 0) is 19.1 Å². The van der Waals surface area contributed by atoms with Crippen molar-refractivity contribution in [1.29, 1.82) is 0 Å². The molecule has 0 heterocycles. The fourth-order valence-corrected chi connectivity index (χ4v) is 1.09. The topological polar surface area (TPSA) is 75.7 Å². The molecule has 22 heavy (non-hydrogen) atoms. The maximum Gasteiger partial charge on any atom is 0.399 e. The molecule has 0 bridgehead atoms. The standard InChI is InChI=1S/C11H13F6O5/c1-6(18)21-4-8(2,3)5-22-7(19)9(20,10(12,13)14)11(15,16)17/h4-5H2,1-3H3/q-1. The molecular formula is C11H13F6O5-. The van der Waals surface area contributed by atoms with Gasteiger partial charge in [-0.2, -0.15) is 26.3 Å². The van der Waals surface area contributed by atoms with Gasteiger partial charge in [-0.05, 0) is 0 Å². The number of carbonyl (C=O) groups is 2. The summed E-state index contributed by atoms with van der Waals surface area (Å²) in [6.45, 7) is 2.11. The summed E-state index contributed by atoms with van der Waals surface area (Å²) in [5.74, 6) is -3.76.